The van der Waals surface area contributed by atoms with Crippen molar-refractivity contribution >= 4 is 17.5 Å². The summed E-state index contributed by atoms with van der Waals surface area (Å²) >= 11 is 0. The molecule has 3 rings (SSSR count). The fourth-order valence-electron chi connectivity index (χ4n) is 3.92. The number of carbonyl (C=O) groups is 2. The minimum absolute atomic E-state index is 0.0152. The van der Waals surface area contributed by atoms with Crippen molar-refractivity contribution < 1.29 is 14.3 Å². The topological polar surface area (TPSA) is 67.4 Å². The molecule has 0 unspecified atom stereocenters. The fourth-order valence-corrected chi connectivity index (χ4v) is 3.92. The van der Waals surface area contributed by atoms with E-state index in [0.717, 1.165) is 12.8 Å². The molecule has 140 valence electrons. The van der Waals surface area contributed by atoms with Crippen LogP contribution in [0.3, 0.4) is 0 Å². The Kier molecular flexibility index (Phi) is 6.31. The van der Waals surface area contributed by atoms with E-state index >= 15 is 0 Å². The molecule has 2 amide bonds. The van der Waals surface area contributed by atoms with E-state index in [-0.39, 0.29) is 29.7 Å². The Morgan fingerprint density at radius 2 is 1.62 bits per heavy atom. The number of para-hydroxylation sites is 2. The van der Waals surface area contributed by atoms with Gasteiger partial charge < -0.3 is 15.4 Å². The van der Waals surface area contributed by atoms with Gasteiger partial charge in [-0.05, 0) is 37.8 Å². The summed E-state index contributed by atoms with van der Waals surface area (Å²) in [6, 6.07) is 7.60. The zero-order valence-corrected chi connectivity index (χ0v) is 15.4. The molecule has 1 aromatic rings. The minimum atomic E-state index is -0.353. The van der Waals surface area contributed by atoms with Crippen molar-refractivity contribution in [1.82, 2.24) is 5.32 Å². The monoisotopic (exact) mass is 356 g/mol. The number of carbonyl (C=O) groups excluding carboxylic acids is 2. The lowest BCUT2D eigenvalue weighted by atomic mass is 9.81. The van der Waals surface area contributed by atoms with Crippen LogP contribution < -0.4 is 15.4 Å². The first-order valence-electron chi connectivity index (χ1n) is 9.58. The van der Waals surface area contributed by atoms with Gasteiger partial charge in [0, 0.05) is 6.04 Å². The molecule has 1 saturated carbocycles. The molecule has 2 N–H and O–H groups in total. The van der Waals surface area contributed by atoms with Gasteiger partial charge in [0.15, 0.2) is 0 Å². The van der Waals surface area contributed by atoms with Gasteiger partial charge in [-0.2, -0.15) is 0 Å². The number of allylic oxidation sites excluding steroid dienone is 2. The average Bonchev–Trinajstić information content (AvgIpc) is 2.69. The Labute approximate surface area is 155 Å². The molecule has 0 saturated heterocycles. The number of ether oxygens (including phenoxy) is 1. The van der Waals surface area contributed by atoms with Crippen LogP contribution in [0.4, 0.5) is 5.69 Å². The molecule has 0 bridgehead atoms. The van der Waals surface area contributed by atoms with E-state index in [2.05, 4.69) is 10.6 Å². The number of benzene rings is 1. The number of methoxy groups -OCH3 is 1. The van der Waals surface area contributed by atoms with Crippen LogP contribution in [-0.4, -0.2) is 25.0 Å². The SMILES string of the molecule is COc1ccccc1NC(=O)[C@H]1CC=CC[C@H]1C(=O)NC1CCCCC1. The molecular formula is C21H28N2O3. The van der Waals surface area contributed by atoms with E-state index in [1.54, 1.807) is 7.11 Å². The van der Waals surface area contributed by atoms with Crippen LogP contribution in [0.25, 0.3) is 0 Å². The minimum Gasteiger partial charge on any atom is -0.495 e. The lowest BCUT2D eigenvalue weighted by Crippen LogP contribution is -2.45. The highest BCUT2D eigenvalue weighted by Gasteiger charge is 2.35. The summed E-state index contributed by atoms with van der Waals surface area (Å²) in [5.74, 6) is -0.149. The standard InChI is InChI=1S/C21H28N2O3/c1-26-19-14-8-7-13-18(19)23-21(25)17-12-6-5-11-16(17)20(24)22-15-9-3-2-4-10-15/h5-8,13-17H,2-4,9-12H2,1H3,(H,22,24)(H,23,25)/t16-,17+/m1/s1. The third-order valence-electron chi connectivity index (χ3n) is 5.42. The van der Waals surface area contributed by atoms with Gasteiger partial charge in [-0.1, -0.05) is 43.5 Å². The molecule has 0 aromatic heterocycles. The molecule has 0 heterocycles. The summed E-state index contributed by atoms with van der Waals surface area (Å²) in [6.45, 7) is 0. The van der Waals surface area contributed by atoms with Gasteiger partial charge in [-0.25, -0.2) is 0 Å². The van der Waals surface area contributed by atoms with Crippen LogP contribution in [0.2, 0.25) is 0 Å². The van der Waals surface area contributed by atoms with E-state index in [0.29, 0.717) is 24.3 Å². The summed E-state index contributed by atoms with van der Waals surface area (Å²) in [7, 11) is 1.58. The number of hydrogen-bond donors (Lipinski definition) is 2. The van der Waals surface area contributed by atoms with E-state index in [4.69, 9.17) is 4.74 Å². The van der Waals surface area contributed by atoms with Crippen molar-refractivity contribution in [1.29, 1.82) is 0 Å². The van der Waals surface area contributed by atoms with E-state index < -0.39 is 0 Å². The first-order valence-corrected chi connectivity index (χ1v) is 9.58. The van der Waals surface area contributed by atoms with Gasteiger partial charge in [-0.3, -0.25) is 9.59 Å². The second-order valence-corrected chi connectivity index (χ2v) is 7.19. The number of hydrogen-bond acceptors (Lipinski definition) is 3. The Bertz CT molecular complexity index is 665. The third kappa shape index (κ3) is 4.45. The summed E-state index contributed by atoms with van der Waals surface area (Å²) in [4.78, 5) is 25.7. The summed E-state index contributed by atoms with van der Waals surface area (Å²) < 4.78 is 5.30. The summed E-state index contributed by atoms with van der Waals surface area (Å²) in [5.41, 5.74) is 0.640. The fraction of sp³-hybridized carbons (Fsp3) is 0.524. The highest BCUT2D eigenvalue weighted by Crippen LogP contribution is 2.30. The van der Waals surface area contributed by atoms with Gasteiger partial charge in [0.25, 0.3) is 0 Å². The highest BCUT2D eigenvalue weighted by molar-refractivity contribution is 5.97. The second-order valence-electron chi connectivity index (χ2n) is 7.19. The normalized spacial score (nSPS) is 23.3. The van der Waals surface area contributed by atoms with Crippen LogP contribution in [0.5, 0.6) is 5.75 Å². The first-order chi connectivity index (χ1) is 12.7. The maximum absolute atomic E-state index is 12.9. The molecule has 1 fully saturated rings. The Hall–Kier alpha value is -2.30. The van der Waals surface area contributed by atoms with Gasteiger partial charge in [0.1, 0.15) is 5.75 Å². The van der Waals surface area contributed by atoms with Gasteiger partial charge in [0.2, 0.25) is 11.8 Å². The maximum atomic E-state index is 12.9. The van der Waals surface area contributed by atoms with Gasteiger partial charge >= 0.3 is 0 Å². The highest BCUT2D eigenvalue weighted by atomic mass is 16.5. The van der Waals surface area contributed by atoms with Crippen molar-refractivity contribution in [2.24, 2.45) is 11.8 Å². The number of amides is 2. The average molecular weight is 356 g/mol. The molecular weight excluding hydrogens is 328 g/mol. The smallest absolute Gasteiger partial charge is 0.228 e. The van der Waals surface area contributed by atoms with Crippen LogP contribution in [0, 0.1) is 11.8 Å². The largest absolute Gasteiger partial charge is 0.495 e. The quantitative estimate of drug-likeness (QED) is 0.791. The summed E-state index contributed by atoms with van der Waals surface area (Å²) in [5, 5.41) is 6.12. The van der Waals surface area contributed by atoms with Crippen molar-refractivity contribution in [3.05, 3.63) is 36.4 Å². The molecule has 0 radical (unpaired) electrons. The Morgan fingerprint density at radius 1 is 0.962 bits per heavy atom. The van der Waals surface area contributed by atoms with E-state index in [1.807, 2.05) is 36.4 Å². The molecule has 0 aliphatic heterocycles. The van der Waals surface area contributed by atoms with Gasteiger partial charge in [0.05, 0.1) is 24.6 Å². The number of nitrogens with one attached hydrogen (secondary N) is 2. The van der Waals surface area contributed by atoms with Crippen molar-refractivity contribution in [3.63, 3.8) is 0 Å². The number of anilines is 1. The predicted molar refractivity (Wildman–Crippen MR) is 102 cm³/mol. The zero-order valence-electron chi connectivity index (χ0n) is 15.4. The molecule has 26 heavy (non-hydrogen) atoms. The molecule has 5 nitrogen and oxygen atoms in total. The zero-order chi connectivity index (χ0) is 18.4. The van der Waals surface area contributed by atoms with Crippen LogP contribution >= 0.6 is 0 Å². The van der Waals surface area contributed by atoms with Crippen LogP contribution in [-0.2, 0) is 9.59 Å². The third-order valence-corrected chi connectivity index (χ3v) is 5.42. The first kappa shape index (κ1) is 18.5. The molecule has 1 aromatic carbocycles. The lowest BCUT2D eigenvalue weighted by Gasteiger charge is -2.30. The number of rotatable bonds is 5. The Balaban J connectivity index is 1.66. The lowest BCUT2D eigenvalue weighted by molar-refractivity contribution is -0.133. The molecule has 0 spiro atoms. The van der Waals surface area contributed by atoms with Crippen LogP contribution in [0.15, 0.2) is 36.4 Å². The maximum Gasteiger partial charge on any atom is 0.228 e. The molecule has 2 aliphatic rings. The molecule has 2 aliphatic carbocycles. The molecule has 5 heteroatoms. The van der Waals surface area contributed by atoms with Crippen LogP contribution in [0.1, 0.15) is 44.9 Å². The van der Waals surface area contributed by atoms with Crippen molar-refractivity contribution in [2.75, 3.05) is 12.4 Å². The predicted octanol–water partition coefficient (Wildman–Crippen LogP) is 3.67. The van der Waals surface area contributed by atoms with Crippen molar-refractivity contribution in [2.45, 2.75) is 51.0 Å². The summed E-state index contributed by atoms with van der Waals surface area (Å²) in [6.07, 6.45) is 10.9. The van der Waals surface area contributed by atoms with Gasteiger partial charge in [-0.15, -0.1) is 0 Å². The van der Waals surface area contributed by atoms with Crippen molar-refractivity contribution in [3.8, 4) is 5.75 Å². The Morgan fingerprint density at radius 3 is 2.31 bits per heavy atom. The van der Waals surface area contributed by atoms with E-state index in [1.165, 1.54) is 19.3 Å². The van der Waals surface area contributed by atoms with E-state index in [9.17, 15) is 9.59 Å². The second kappa shape index (κ2) is 8.88. The molecule has 2 atom stereocenters.